The van der Waals surface area contributed by atoms with Crippen LogP contribution in [0, 0.1) is 29.6 Å². The maximum Gasteiger partial charge on any atom is 0.411 e. The van der Waals surface area contributed by atoms with E-state index in [1.165, 1.54) is 0 Å². The lowest BCUT2D eigenvalue weighted by Crippen LogP contribution is -2.61. The Kier molecular flexibility index (Phi) is 8.24. The molecule has 200 valence electrons. The van der Waals surface area contributed by atoms with Gasteiger partial charge in [0.15, 0.2) is 0 Å². The van der Waals surface area contributed by atoms with Crippen molar-refractivity contribution in [2.75, 3.05) is 11.9 Å². The van der Waals surface area contributed by atoms with Crippen molar-refractivity contribution in [2.24, 2.45) is 22.7 Å². The number of rotatable bonds is 7. The molecular weight excluding hydrogens is 468 g/mol. The summed E-state index contributed by atoms with van der Waals surface area (Å²) in [6.07, 6.45) is 1.14. The molecule has 0 aliphatic heterocycles. The summed E-state index contributed by atoms with van der Waals surface area (Å²) < 4.78 is 5.90. The Morgan fingerprint density at radius 2 is 1.73 bits per heavy atom. The molecule has 0 aromatic heterocycles. The standard InChI is InChI=1S/C30H40N2O5/c1-20-9-11-22(12-10-20)32-28(36)37-26-15-16-29(2)23(24(34)13-14-25(29)30(26,3)19-33)17-27(35)31-18-21-7-5-4-6-8-21/h4-12,23-26,33-34H,13-19H2,1-3H3,(H,31,35)(H,32,36)/t23-,24-,25-,26+,29-,30+/m1/s1. The lowest BCUT2D eigenvalue weighted by molar-refractivity contribution is -0.185. The van der Waals surface area contributed by atoms with Gasteiger partial charge in [0.2, 0.25) is 5.91 Å². The average molecular weight is 509 g/mol. The van der Waals surface area contributed by atoms with Crippen molar-refractivity contribution in [2.45, 2.75) is 71.6 Å². The highest BCUT2D eigenvalue weighted by atomic mass is 16.6. The lowest BCUT2D eigenvalue weighted by Gasteiger charge is -2.60. The highest BCUT2D eigenvalue weighted by Gasteiger charge is 2.60. The summed E-state index contributed by atoms with van der Waals surface area (Å²) in [5.74, 6) is -0.335. The molecule has 7 nitrogen and oxygen atoms in total. The van der Waals surface area contributed by atoms with Crippen LogP contribution in [0.5, 0.6) is 0 Å². The van der Waals surface area contributed by atoms with Gasteiger partial charge >= 0.3 is 6.09 Å². The number of amides is 2. The minimum atomic E-state index is -0.684. The summed E-state index contributed by atoms with van der Waals surface area (Å²) >= 11 is 0. The van der Waals surface area contributed by atoms with Crippen LogP contribution in [0.25, 0.3) is 0 Å². The normalized spacial score (nSPS) is 31.2. The number of carbonyl (C=O) groups is 2. The Morgan fingerprint density at radius 1 is 1.03 bits per heavy atom. The first-order chi connectivity index (χ1) is 17.7. The molecule has 2 amide bonds. The number of aliphatic hydroxyl groups is 2. The lowest BCUT2D eigenvalue weighted by atomic mass is 9.46. The number of aryl methyl sites for hydroxylation is 1. The number of anilines is 1. The molecule has 2 fully saturated rings. The van der Waals surface area contributed by atoms with Gasteiger partial charge in [-0.3, -0.25) is 10.1 Å². The van der Waals surface area contributed by atoms with Gasteiger partial charge in [0.05, 0.1) is 12.7 Å². The Labute approximate surface area is 219 Å². The van der Waals surface area contributed by atoms with Gasteiger partial charge in [-0.15, -0.1) is 0 Å². The van der Waals surface area contributed by atoms with Crippen LogP contribution in [-0.2, 0) is 16.1 Å². The number of hydrogen-bond donors (Lipinski definition) is 4. The molecule has 0 bridgehead atoms. The third-order valence-electron chi connectivity index (χ3n) is 8.96. The fourth-order valence-corrected chi connectivity index (χ4v) is 6.76. The number of aliphatic hydroxyl groups excluding tert-OH is 2. The van der Waals surface area contributed by atoms with E-state index in [4.69, 9.17) is 4.74 Å². The van der Waals surface area contributed by atoms with Gasteiger partial charge < -0.3 is 20.3 Å². The quantitative estimate of drug-likeness (QED) is 0.430. The van der Waals surface area contributed by atoms with Gasteiger partial charge in [0, 0.05) is 24.1 Å². The monoisotopic (exact) mass is 508 g/mol. The van der Waals surface area contributed by atoms with Crippen LogP contribution in [0.4, 0.5) is 10.5 Å². The van der Waals surface area contributed by atoms with E-state index < -0.39 is 23.7 Å². The van der Waals surface area contributed by atoms with Gasteiger partial charge in [-0.1, -0.05) is 61.9 Å². The number of ether oxygens (including phenoxy) is 1. The molecule has 4 N–H and O–H groups in total. The average Bonchev–Trinajstić information content (AvgIpc) is 2.89. The second-order valence-electron chi connectivity index (χ2n) is 11.4. The van der Waals surface area contributed by atoms with Gasteiger partial charge in [0.25, 0.3) is 0 Å². The van der Waals surface area contributed by atoms with Gasteiger partial charge in [0.1, 0.15) is 6.10 Å². The van der Waals surface area contributed by atoms with E-state index in [9.17, 15) is 19.8 Å². The Balaban J connectivity index is 1.45. The second-order valence-corrected chi connectivity index (χ2v) is 11.4. The molecule has 4 rings (SSSR count). The molecule has 2 aromatic rings. The Bertz CT molecular complexity index is 1080. The van der Waals surface area contributed by atoms with Crippen molar-refractivity contribution in [3.05, 3.63) is 65.7 Å². The van der Waals surface area contributed by atoms with Crippen LogP contribution in [0.3, 0.4) is 0 Å². The molecule has 0 radical (unpaired) electrons. The van der Waals surface area contributed by atoms with E-state index >= 15 is 0 Å². The molecule has 0 heterocycles. The molecule has 0 spiro atoms. The smallest absolute Gasteiger partial charge is 0.411 e. The minimum Gasteiger partial charge on any atom is -0.445 e. The first-order valence-electron chi connectivity index (χ1n) is 13.3. The topological polar surface area (TPSA) is 108 Å². The van der Waals surface area contributed by atoms with Crippen molar-refractivity contribution in [3.8, 4) is 0 Å². The zero-order valence-corrected chi connectivity index (χ0v) is 22.1. The van der Waals surface area contributed by atoms with E-state index in [1.807, 2.05) is 68.4 Å². The van der Waals surface area contributed by atoms with Crippen LogP contribution in [0.2, 0.25) is 0 Å². The first kappa shape index (κ1) is 27.1. The van der Waals surface area contributed by atoms with Crippen molar-refractivity contribution in [3.63, 3.8) is 0 Å². The number of fused-ring (bicyclic) bond motifs is 1. The van der Waals surface area contributed by atoms with Crippen molar-refractivity contribution in [1.82, 2.24) is 5.32 Å². The minimum absolute atomic E-state index is 0.00810. The summed E-state index contributed by atoms with van der Waals surface area (Å²) in [6.45, 7) is 6.39. The first-order valence-corrected chi connectivity index (χ1v) is 13.3. The number of benzene rings is 2. The molecular formula is C30H40N2O5. The fourth-order valence-electron chi connectivity index (χ4n) is 6.76. The molecule has 2 saturated carbocycles. The zero-order chi connectivity index (χ0) is 26.6. The number of carbonyl (C=O) groups excluding carboxylic acids is 2. The van der Waals surface area contributed by atoms with Crippen molar-refractivity contribution >= 4 is 17.7 Å². The summed E-state index contributed by atoms with van der Waals surface area (Å²) in [7, 11) is 0. The van der Waals surface area contributed by atoms with Crippen molar-refractivity contribution in [1.29, 1.82) is 0 Å². The van der Waals surface area contributed by atoms with Gasteiger partial charge in [-0.2, -0.15) is 0 Å². The van der Waals surface area contributed by atoms with Gasteiger partial charge in [-0.25, -0.2) is 4.79 Å². The van der Waals surface area contributed by atoms with E-state index in [1.54, 1.807) is 0 Å². The molecule has 6 atom stereocenters. The molecule has 2 aromatic carbocycles. The second kappa shape index (κ2) is 11.2. The van der Waals surface area contributed by atoms with Crippen LogP contribution in [0.15, 0.2) is 54.6 Å². The predicted octanol–water partition coefficient (Wildman–Crippen LogP) is 4.80. The van der Waals surface area contributed by atoms with E-state index in [2.05, 4.69) is 17.6 Å². The summed E-state index contributed by atoms with van der Waals surface area (Å²) in [5, 5.41) is 27.4. The fraction of sp³-hybridized carbons (Fsp3) is 0.533. The van der Waals surface area contributed by atoms with E-state index in [-0.39, 0.29) is 36.2 Å². The Morgan fingerprint density at radius 3 is 2.41 bits per heavy atom. The Hall–Kier alpha value is -2.90. The van der Waals surface area contributed by atoms with Gasteiger partial charge in [-0.05, 0) is 67.6 Å². The highest BCUT2D eigenvalue weighted by Crippen LogP contribution is 2.61. The van der Waals surface area contributed by atoms with Crippen LogP contribution in [0.1, 0.15) is 57.1 Å². The molecule has 7 heteroatoms. The highest BCUT2D eigenvalue weighted by molar-refractivity contribution is 5.84. The van der Waals surface area contributed by atoms with Crippen molar-refractivity contribution < 1.29 is 24.5 Å². The predicted molar refractivity (Wildman–Crippen MR) is 143 cm³/mol. The third-order valence-corrected chi connectivity index (χ3v) is 8.96. The van der Waals surface area contributed by atoms with E-state index in [0.29, 0.717) is 37.9 Å². The third kappa shape index (κ3) is 5.83. The maximum absolute atomic E-state index is 12.9. The summed E-state index contributed by atoms with van der Waals surface area (Å²) in [4.78, 5) is 25.7. The molecule has 37 heavy (non-hydrogen) atoms. The maximum atomic E-state index is 12.9. The largest absolute Gasteiger partial charge is 0.445 e. The molecule has 2 aliphatic rings. The summed E-state index contributed by atoms with van der Waals surface area (Å²) in [5.41, 5.74) is 1.73. The SMILES string of the molecule is Cc1ccc(NC(=O)O[C@H]2CC[C@@]3(C)[C@@H](CC[C@@H](O)[C@H]3CC(=O)NCc3ccccc3)[C@]2(C)CO)cc1. The number of hydrogen-bond acceptors (Lipinski definition) is 5. The summed E-state index contributed by atoms with van der Waals surface area (Å²) in [6, 6.07) is 17.3. The van der Waals surface area contributed by atoms with E-state index in [0.717, 1.165) is 11.1 Å². The molecule has 0 unspecified atom stereocenters. The number of nitrogens with one attached hydrogen (secondary N) is 2. The van der Waals surface area contributed by atoms with Crippen LogP contribution in [-0.4, -0.2) is 41.0 Å². The zero-order valence-electron chi connectivity index (χ0n) is 22.1. The molecule has 2 aliphatic carbocycles. The van der Waals surface area contributed by atoms with Crippen LogP contribution < -0.4 is 10.6 Å². The molecule has 0 saturated heterocycles. The van der Waals surface area contributed by atoms with Crippen LogP contribution >= 0.6 is 0 Å².